The molecule has 0 saturated carbocycles. The van der Waals surface area contributed by atoms with Crippen LogP contribution in [-0.4, -0.2) is 17.4 Å². The molecule has 0 unspecified atom stereocenters. The first-order valence-electron chi connectivity index (χ1n) is 8.92. The summed E-state index contributed by atoms with van der Waals surface area (Å²) in [6.45, 7) is 0.473. The van der Waals surface area contributed by atoms with Crippen LogP contribution >= 0.6 is 0 Å². The summed E-state index contributed by atoms with van der Waals surface area (Å²) in [6.07, 6.45) is -1.79. The summed E-state index contributed by atoms with van der Waals surface area (Å²) in [5.74, 6) is 0.214. The zero-order valence-corrected chi connectivity index (χ0v) is 14.9. The average Bonchev–Trinajstić information content (AvgIpc) is 3.15. The molecule has 0 saturated heterocycles. The van der Waals surface area contributed by atoms with Crippen molar-refractivity contribution >= 4 is 11.6 Å². The van der Waals surface area contributed by atoms with E-state index in [2.05, 4.69) is 4.98 Å². The van der Waals surface area contributed by atoms with Crippen molar-refractivity contribution in [2.24, 2.45) is 0 Å². The molecule has 0 bridgehead atoms. The van der Waals surface area contributed by atoms with E-state index in [4.69, 9.17) is 4.42 Å². The number of benzene rings is 2. The van der Waals surface area contributed by atoms with Crippen LogP contribution in [0.25, 0.3) is 11.5 Å². The van der Waals surface area contributed by atoms with Crippen molar-refractivity contribution in [3.05, 3.63) is 71.6 Å². The van der Waals surface area contributed by atoms with E-state index in [1.807, 2.05) is 30.3 Å². The molecule has 2 aromatic carbocycles. The van der Waals surface area contributed by atoms with Crippen molar-refractivity contribution in [3.8, 4) is 11.5 Å². The van der Waals surface area contributed by atoms with Crippen LogP contribution in [0.3, 0.4) is 0 Å². The van der Waals surface area contributed by atoms with Gasteiger partial charge in [0.1, 0.15) is 6.26 Å². The maximum absolute atomic E-state index is 12.9. The van der Waals surface area contributed by atoms with Crippen LogP contribution in [0.4, 0.5) is 18.9 Å². The van der Waals surface area contributed by atoms with Crippen LogP contribution in [0.5, 0.6) is 0 Å². The van der Waals surface area contributed by atoms with Gasteiger partial charge in [0.15, 0.2) is 0 Å². The number of oxazole rings is 1. The lowest BCUT2D eigenvalue weighted by Gasteiger charge is -2.30. The summed E-state index contributed by atoms with van der Waals surface area (Å²) < 4.78 is 44.3. The van der Waals surface area contributed by atoms with Crippen LogP contribution in [0.2, 0.25) is 0 Å². The molecule has 4 nitrogen and oxygen atoms in total. The van der Waals surface area contributed by atoms with Gasteiger partial charge in [0, 0.05) is 17.8 Å². The summed E-state index contributed by atoms with van der Waals surface area (Å²) in [4.78, 5) is 18.7. The minimum Gasteiger partial charge on any atom is -0.444 e. The molecular weight excluding hydrogens is 369 g/mol. The van der Waals surface area contributed by atoms with Crippen molar-refractivity contribution in [2.75, 3.05) is 11.4 Å². The number of nitrogens with zero attached hydrogens (tertiary/aromatic N) is 2. The second kappa shape index (κ2) is 7.14. The average molecular weight is 386 g/mol. The number of anilines is 1. The molecule has 0 aliphatic carbocycles. The molecule has 0 radical (unpaired) electrons. The highest BCUT2D eigenvalue weighted by Gasteiger charge is 2.32. The van der Waals surface area contributed by atoms with E-state index in [9.17, 15) is 18.0 Å². The quantitative estimate of drug-likeness (QED) is 0.644. The fourth-order valence-corrected chi connectivity index (χ4v) is 3.38. The number of alkyl halides is 3. The summed E-state index contributed by atoms with van der Waals surface area (Å²) >= 11 is 0. The maximum atomic E-state index is 12.9. The molecule has 4 rings (SSSR count). The topological polar surface area (TPSA) is 46.3 Å². The van der Waals surface area contributed by atoms with Gasteiger partial charge >= 0.3 is 6.18 Å². The van der Waals surface area contributed by atoms with Crippen LogP contribution in [0, 0.1) is 0 Å². The molecule has 3 aromatic rings. The Hall–Kier alpha value is -3.09. The molecule has 0 fully saturated rings. The predicted molar refractivity (Wildman–Crippen MR) is 97.8 cm³/mol. The lowest BCUT2D eigenvalue weighted by atomic mass is 9.98. The van der Waals surface area contributed by atoms with E-state index in [1.54, 1.807) is 0 Å². The molecule has 7 heteroatoms. The molecule has 1 aliphatic rings. The van der Waals surface area contributed by atoms with Gasteiger partial charge in [-0.2, -0.15) is 13.2 Å². The lowest BCUT2D eigenvalue weighted by Crippen LogP contribution is -2.36. The van der Waals surface area contributed by atoms with Gasteiger partial charge in [0.25, 0.3) is 0 Å². The zero-order valence-electron chi connectivity index (χ0n) is 14.9. The van der Waals surface area contributed by atoms with E-state index >= 15 is 0 Å². The lowest BCUT2D eigenvalue weighted by molar-refractivity contribution is -0.137. The number of rotatable bonds is 3. The molecule has 1 aliphatic heterocycles. The molecule has 0 N–H and O–H groups in total. The number of aryl methyl sites for hydroxylation is 1. The largest absolute Gasteiger partial charge is 0.444 e. The SMILES string of the molecule is O=C(Cc1coc(-c2ccccc2)n1)N1CCCc2cc(C(F)(F)F)ccc21. The third kappa shape index (κ3) is 3.65. The van der Waals surface area contributed by atoms with Gasteiger partial charge in [0.2, 0.25) is 11.8 Å². The van der Waals surface area contributed by atoms with E-state index in [-0.39, 0.29) is 12.3 Å². The second-order valence-corrected chi connectivity index (χ2v) is 6.68. The first kappa shape index (κ1) is 18.3. The number of aromatic nitrogens is 1. The third-order valence-corrected chi connectivity index (χ3v) is 4.73. The molecule has 28 heavy (non-hydrogen) atoms. The van der Waals surface area contributed by atoms with E-state index in [0.717, 1.165) is 17.7 Å². The van der Waals surface area contributed by atoms with E-state index < -0.39 is 11.7 Å². The van der Waals surface area contributed by atoms with Crippen LogP contribution in [0.15, 0.2) is 59.2 Å². The van der Waals surface area contributed by atoms with Crippen molar-refractivity contribution in [1.29, 1.82) is 0 Å². The molecular formula is C21H17F3N2O2. The van der Waals surface area contributed by atoms with Crippen LogP contribution in [0.1, 0.15) is 23.2 Å². The Morgan fingerprint density at radius 3 is 2.68 bits per heavy atom. The Morgan fingerprint density at radius 2 is 1.93 bits per heavy atom. The molecule has 144 valence electrons. The summed E-state index contributed by atoms with van der Waals surface area (Å²) in [6, 6.07) is 12.9. The number of halogens is 3. The van der Waals surface area contributed by atoms with E-state index in [1.165, 1.54) is 17.2 Å². The van der Waals surface area contributed by atoms with Gasteiger partial charge in [-0.1, -0.05) is 18.2 Å². The molecule has 1 aromatic heterocycles. The normalized spacial score (nSPS) is 14.0. The first-order chi connectivity index (χ1) is 13.4. The van der Waals surface area contributed by atoms with Crippen LogP contribution < -0.4 is 4.90 Å². The van der Waals surface area contributed by atoms with Crippen molar-refractivity contribution in [2.45, 2.75) is 25.4 Å². The Balaban J connectivity index is 1.53. The zero-order chi connectivity index (χ0) is 19.7. The summed E-state index contributed by atoms with van der Waals surface area (Å²) in [7, 11) is 0. The highest BCUT2D eigenvalue weighted by Crippen LogP contribution is 2.35. The van der Waals surface area contributed by atoms with Gasteiger partial charge < -0.3 is 9.32 Å². The number of carbonyl (C=O) groups excluding carboxylic acids is 1. The van der Waals surface area contributed by atoms with Gasteiger partial charge in [-0.15, -0.1) is 0 Å². The van der Waals surface area contributed by atoms with Crippen molar-refractivity contribution in [1.82, 2.24) is 4.98 Å². The first-order valence-corrected chi connectivity index (χ1v) is 8.92. The smallest absolute Gasteiger partial charge is 0.416 e. The number of hydrogen-bond donors (Lipinski definition) is 0. The monoisotopic (exact) mass is 386 g/mol. The predicted octanol–water partition coefficient (Wildman–Crippen LogP) is 4.88. The standard InChI is InChI=1S/C21H17F3N2O2/c22-21(23,24)16-8-9-18-15(11-16)7-4-10-26(18)19(27)12-17-13-28-20(25-17)14-5-2-1-3-6-14/h1-3,5-6,8-9,11,13H,4,7,10,12H2. The Labute approximate surface area is 159 Å². The summed E-state index contributed by atoms with van der Waals surface area (Å²) in [5.41, 5.74) is 1.69. The second-order valence-electron chi connectivity index (χ2n) is 6.68. The Morgan fingerprint density at radius 1 is 1.14 bits per heavy atom. The van der Waals surface area contributed by atoms with E-state index in [0.29, 0.717) is 42.2 Å². The highest BCUT2D eigenvalue weighted by atomic mass is 19.4. The minimum atomic E-state index is -4.39. The molecule has 1 amide bonds. The number of fused-ring (bicyclic) bond motifs is 1. The van der Waals surface area contributed by atoms with Gasteiger partial charge in [-0.25, -0.2) is 4.98 Å². The van der Waals surface area contributed by atoms with Crippen molar-refractivity contribution < 1.29 is 22.4 Å². The van der Waals surface area contributed by atoms with Crippen LogP contribution in [-0.2, 0) is 23.8 Å². The minimum absolute atomic E-state index is 0.0246. The van der Waals surface area contributed by atoms with Crippen molar-refractivity contribution in [3.63, 3.8) is 0 Å². The van der Waals surface area contributed by atoms with Gasteiger partial charge in [-0.05, 0) is 48.7 Å². The fraction of sp³-hybridized carbons (Fsp3) is 0.238. The number of carbonyl (C=O) groups is 1. The van der Waals surface area contributed by atoms with Gasteiger partial charge in [-0.3, -0.25) is 4.79 Å². The summed E-state index contributed by atoms with van der Waals surface area (Å²) in [5, 5.41) is 0. The number of hydrogen-bond acceptors (Lipinski definition) is 3. The third-order valence-electron chi connectivity index (χ3n) is 4.73. The number of amides is 1. The molecule has 2 heterocycles. The molecule has 0 spiro atoms. The maximum Gasteiger partial charge on any atom is 0.416 e. The molecule has 0 atom stereocenters. The fourth-order valence-electron chi connectivity index (χ4n) is 3.38. The highest BCUT2D eigenvalue weighted by molar-refractivity contribution is 5.95. The van der Waals surface area contributed by atoms with Gasteiger partial charge in [0.05, 0.1) is 17.7 Å². The Kier molecular flexibility index (Phi) is 4.66. The Bertz CT molecular complexity index is 996.